The van der Waals surface area contributed by atoms with Gasteiger partial charge in [0.2, 0.25) is 5.82 Å². The molecular formula is C24H27ClN3O4+. The summed E-state index contributed by atoms with van der Waals surface area (Å²) in [5, 5.41) is 16.0. The quantitative estimate of drug-likeness (QED) is 0.504. The Morgan fingerprint density at radius 2 is 2.00 bits per heavy atom. The summed E-state index contributed by atoms with van der Waals surface area (Å²) in [6.07, 6.45) is 2.39. The van der Waals surface area contributed by atoms with Crippen molar-refractivity contribution in [2.24, 2.45) is 5.92 Å². The number of aryl methyl sites for hydroxylation is 1. The van der Waals surface area contributed by atoms with Crippen LogP contribution in [0.4, 0.5) is 5.69 Å². The molecule has 7 nitrogen and oxygen atoms in total. The summed E-state index contributed by atoms with van der Waals surface area (Å²) in [5.41, 5.74) is 3.77. The molecule has 0 spiro atoms. The minimum atomic E-state index is -0.691. The molecule has 1 aromatic heterocycles. The Kier molecular flexibility index (Phi) is 6.48. The second-order valence-corrected chi connectivity index (χ2v) is 8.99. The largest absolute Gasteiger partial charge is 0.489 e. The number of aliphatic carboxylic acids is 1. The molecule has 0 saturated heterocycles. The standard InChI is InChI=1S/C24H26ClN3O4/c1-13(2)31-21-9-6-15(12-19(21)25)22-27-23(32-28-22)16-5-8-20(14(3)10-16)26-18-7-4-17(11-18)24(29)30/h5-6,8-10,12-13,17-18,26H,4,7,11H2,1-3H3,(H,29,30)/p+1/t17-,18?/m1/s1. The lowest BCUT2D eigenvalue weighted by atomic mass is 10.1. The first kappa shape index (κ1) is 22.3. The maximum Gasteiger partial charge on any atom is 0.306 e. The number of quaternary nitrogens is 1. The van der Waals surface area contributed by atoms with Crippen LogP contribution in [0, 0.1) is 12.8 Å². The Bertz CT molecular complexity index is 1130. The number of nitrogens with two attached hydrogens (primary N) is 1. The minimum Gasteiger partial charge on any atom is -0.489 e. The van der Waals surface area contributed by atoms with E-state index in [1.54, 1.807) is 12.1 Å². The van der Waals surface area contributed by atoms with Crippen LogP contribution < -0.4 is 10.1 Å². The summed E-state index contributed by atoms with van der Waals surface area (Å²) in [5.74, 6) is 0.585. The third kappa shape index (κ3) is 4.95. The number of benzene rings is 2. The molecule has 1 aliphatic rings. The summed E-state index contributed by atoms with van der Waals surface area (Å²) >= 11 is 6.33. The van der Waals surface area contributed by atoms with E-state index in [1.165, 1.54) is 0 Å². The van der Waals surface area contributed by atoms with E-state index in [0.717, 1.165) is 35.2 Å². The fourth-order valence-electron chi connectivity index (χ4n) is 4.09. The highest BCUT2D eigenvalue weighted by molar-refractivity contribution is 6.32. The molecule has 0 bridgehead atoms. The van der Waals surface area contributed by atoms with Gasteiger partial charge < -0.3 is 19.7 Å². The third-order valence-corrected chi connectivity index (χ3v) is 6.03. The number of ether oxygens (including phenoxy) is 1. The molecule has 8 heteroatoms. The van der Waals surface area contributed by atoms with Gasteiger partial charge in [-0.3, -0.25) is 4.79 Å². The monoisotopic (exact) mass is 456 g/mol. The molecule has 3 N–H and O–H groups in total. The van der Waals surface area contributed by atoms with Gasteiger partial charge in [-0.25, -0.2) is 0 Å². The van der Waals surface area contributed by atoms with E-state index in [1.807, 2.05) is 45.0 Å². The second-order valence-electron chi connectivity index (χ2n) is 8.58. The fourth-order valence-corrected chi connectivity index (χ4v) is 4.31. The van der Waals surface area contributed by atoms with E-state index in [0.29, 0.717) is 34.9 Å². The van der Waals surface area contributed by atoms with Crippen molar-refractivity contribution in [3.63, 3.8) is 0 Å². The third-order valence-electron chi connectivity index (χ3n) is 5.73. The molecule has 32 heavy (non-hydrogen) atoms. The van der Waals surface area contributed by atoms with Crippen LogP contribution in [-0.4, -0.2) is 33.4 Å². The van der Waals surface area contributed by atoms with Crippen LogP contribution in [0.3, 0.4) is 0 Å². The summed E-state index contributed by atoms with van der Waals surface area (Å²) < 4.78 is 11.2. The Morgan fingerprint density at radius 1 is 1.22 bits per heavy atom. The van der Waals surface area contributed by atoms with Crippen molar-refractivity contribution < 1.29 is 24.5 Å². The summed E-state index contributed by atoms with van der Waals surface area (Å²) in [4.78, 5) is 15.7. The highest BCUT2D eigenvalue weighted by Gasteiger charge is 2.32. The Hall–Kier alpha value is -2.90. The van der Waals surface area contributed by atoms with Gasteiger partial charge in [-0.05, 0) is 57.5 Å². The van der Waals surface area contributed by atoms with E-state index in [9.17, 15) is 9.90 Å². The highest BCUT2D eigenvalue weighted by atomic mass is 35.5. The minimum absolute atomic E-state index is 0.0332. The lowest BCUT2D eigenvalue weighted by Gasteiger charge is -2.11. The zero-order valence-corrected chi connectivity index (χ0v) is 19.1. The zero-order chi connectivity index (χ0) is 22.8. The number of aromatic nitrogens is 2. The number of hydrogen-bond acceptors (Lipinski definition) is 5. The van der Waals surface area contributed by atoms with Crippen LogP contribution in [0.25, 0.3) is 22.8 Å². The Morgan fingerprint density at radius 3 is 2.66 bits per heavy atom. The average Bonchev–Trinajstić information content (AvgIpc) is 3.41. The number of rotatable bonds is 7. The molecule has 4 rings (SSSR count). The molecule has 1 fully saturated rings. The molecule has 1 unspecified atom stereocenters. The van der Waals surface area contributed by atoms with Crippen molar-refractivity contribution in [3.05, 3.63) is 47.0 Å². The lowest BCUT2D eigenvalue weighted by molar-refractivity contribution is -0.610. The molecule has 168 valence electrons. The summed E-state index contributed by atoms with van der Waals surface area (Å²) in [6.45, 7) is 5.92. The average molecular weight is 457 g/mol. The molecule has 1 aliphatic carbocycles. The number of halogens is 1. The molecule has 2 atom stereocenters. The molecule has 1 heterocycles. The van der Waals surface area contributed by atoms with E-state index < -0.39 is 5.97 Å². The molecule has 0 amide bonds. The number of hydrogen-bond donors (Lipinski definition) is 2. The van der Waals surface area contributed by atoms with Gasteiger partial charge in [0.25, 0.3) is 5.89 Å². The maximum atomic E-state index is 11.2. The van der Waals surface area contributed by atoms with Crippen LogP contribution in [0.15, 0.2) is 40.9 Å². The molecule has 0 radical (unpaired) electrons. The van der Waals surface area contributed by atoms with E-state index in [4.69, 9.17) is 20.9 Å². The lowest BCUT2D eigenvalue weighted by Crippen LogP contribution is -2.84. The van der Waals surface area contributed by atoms with Crippen LogP contribution >= 0.6 is 11.6 Å². The van der Waals surface area contributed by atoms with Crippen molar-refractivity contribution in [1.82, 2.24) is 10.1 Å². The van der Waals surface area contributed by atoms with Crippen molar-refractivity contribution in [2.45, 2.75) is 52.2 Å². The molecule has 0 aliphatic heterocycles. The number of nitrogens with zero attached hydrogens (tertiary/aromatic N) is 2. The highest BCUT2D eigenvalue weighted by Crippen LogP contribution is 2.31. The number of carbonyl (C=O) groups is 1. The summed E-state index contributed by atoms with van der Waals surface area (Å²) in [7, 11) is 0. The van der Waals surface area contributed by atoms with Crippen molar-refractivity contribution in [1.29, 1.82) is 0 Å². The first-order valence-corrected chi connectivity index (χ1v) is 11.2. The van der Waals surface area contributed by atoms with Gasteiger partial charge in [0, 0.05) is 35.6 Å². The maximum absolute atomic E-state index is 11.2. The molecule has 2 aromatic carbocycles. The number of carboxylic acids is 1. The Balaban J connectivity index is 1.48. The van der Waals surface area contributed by atoms with E-state index in [-0.39, 0.29) is 12.0 Å². The SMILES string of the molecule is Cc1cc(-c2nc(-c3ccc(OC(C)C)c(Cl)c3)no2)ccc1[NH2+]C1CC[C@@H](C(=O)O)C1. The van der Waals surface area contributed by atoms with Gasteiger partial charge in [-0.2, -0.15) is 4.98 Å². The van der Waals surface area contributed by atoms with Gasteiger partial charge >= 0.3 is 5.97 Å². The zero-order valence-electron chi connectivity index (χ0n) is 18.3. The Labute approximate surface area is 191 Å². The first-order chi connectivity index (χ1) is 15.3. The van der Waals surface area contributed by atoms with Crippen LogP contribution in [0.2, 0.25) is 5.02 Å². The smallest absolute Gasteiger partial charge is 0.306 e. The number of carboxylic acid groups (broad SMARTS) is 1. The van der Waals surface area contributed by atoms with E-state index >= 15 is 0 Å². The van der Waals surface area contributed by atoms with Gasteiger partial charge in [0.1, 0.15) is 11.4 Å². The molecule has 3 aromatic rings. The van der Waals surface area contributed by atoms with Crippen molar-refractivity contribution in [2.75, 3.05) is 0 Å². The normalized spacial score (nSPS) is 18.3. The van der Waals surface area contributed by atoms with Gasteiger partial charge in [0.15, 0.2) is 0 Å². The topological polar surface area (TPSA) is 102 Å². The van der Waals surface area contributed by atoms with Crippen LogP contribution in [0.5, 0.6) is 5.75 Å². The van der Waals surface area contributed by atoms with E-state index in [2.05, 4.69) is 15.5 Å². The van der Waals surface area contributed by atoms with Gasteiger partial charge in [0.05, 0.1) is 23.1 Å². The van der Waals surface area contributed by atoms with Gasteiger partial charge in [-0.15, -0.1) is 0 Å². The molecular weight excluding hydrogens is 430 g/mol. The summed E-state index contributed by atoms with van der Waals surface area (Å²) in [6, 6.07) is 11.7. The fraction of sp³-hybridized carbons (Fsp3) is 0.375. The second kappa shape index (κ2) is 9.30. The predicted molar refractivity (Wildman–Crippen MR) is 121 cm³/mol. The van der Waals surface area contributed by atoms with Crippen molar-refractivity contribution in [3.8, 4) is 28.6 Å². The van der Waals surface area contributed by atoms with Gasteiger partial charge in [-0.1, -0.05) is 16.8 Å². The molecule has 1 saturated carbocycles. The predicted octanol–water partition coefficient (Wildman–Crippen LogP) is 4.60. The first-order valence-electron chi connectivity index (χ1n) is 10.8. The van der Waals surface area contributed by atoms with Crippen LogP contribution in [-0.2, 0) is 4.79 Å². The van der Waals surface area contributed by atoms with Crippen molar-refractivity contribution >= 4 is 23.3 Å². The van der Waals surface area contributed by atoms with Crippen LogP contribution in [0.1, 0.15) is 38.7 Å².